The highest BCUT2D eigenvalue weighted by atomic mass is 35.5. The molecule has 26 heavy (non-hydrogen) atoms. The Morgan fingerprint density at radius 1 is 1.23 bits per heavy atom. The minimum atomic E-state index is -0.488. The van der Waals surface area contributed by atoms with Gasteiger partial charge >= 0.3 is 0 Å². The fraction of sp³-hybridized carbons (Fsp3) is 0.765. The highest BCUT2D eigenvalue weighted by molar-refractivity contribution is 8.02. The van der Waals surface area contributed by atoms with Crippen molar-refractivity contribution in [1.82, 2.24) is 15.0 Å². The van der Waals surface area contributed by atoms with Gasteiger partial charge in [-0.05, 0) is 51.1 Å². The first kappa shape index (κ1) is 18.1. The van der Waals surface area contributed by atoms with Crippen LogP contribution in [0.2, 0.25) is 5.28 Å². The Hall–Kier alpha value is -1.28. The van der Waals surface area contributed by atoms with Crippen LogP contribution in [0.4, 0.5) is 11.9 Å². The van der Waals surface area contributed by atoms with Crippen molar-refractivity contribution in [2.75, 3.05) is 10.2 Å². The zero-order valence-corrected chi connectivity index (χ0v) is 16.7. The third-order valence-electron chi connectivity index (χ3n) is 5.44. The predicted octanol–water partition coefficient (Wildman–Crippen LogP) is 2.95. The first-order valence-electron chi connectivity index (χ1n) is 9.28. The molecule has 4 rings (SSSR count). The summed E-state index contributed by atoms with van der Waals surface area (Å²) in [4.78, 5) is 27.5. The van der Waals surface area contributed by atoms with Gasteiger partial charge in [-0.1, -0.05) is 19.3 Å². The zero-order valence-electron chi connectivity index (χ0n) is 15.2. The molecule has 1 amide bonds. The third kappa shape index (κ3) is 3.22. The quantitative estimate of drug-likeness (QED) is 0.807. The average Bonchev–Trinajstić information content (AvgIpc) is 3.31. The van der Waals surface area contributed by atoms with E-state index in [4.69, 9.17) is 17.3 Å². The van der Waals surface area contributed by atoms with E-state index in [1.54, 1.807) is 0 Å². The van der Waals surface area contributed by atoms with Crippen LogP contribution in [0.1, 0.15) is 58.8 Å². The smallest absolute Gasteiger partial charge is 0.241 e. The van der Waals surface area contributed by atoms with Gasteiger partial charge in [-0.15, -0.1) is 11.8 Å². The molecule has 1 saturated heterocycles. The number of hydrogen-bond acceptors (Lipinski definition) is 7. The number of aromatic nitrogens is 3. The molecule has 1 aromatic heterocycles. The van der Waals surface area contributed by atoms with E-state index in [-0.39, 0.29) is 20.8 Å². The number of nitrogens with two attached hydrogens (primary N) is 1. The van der Waals surface area contributed by atoms with Crippen LogP contribution in [-0.4, -0.2) is 42.6 Å². The molecule has 2 heterocycles. The van der Waals surface area contributed by atoms with E-state index >= 15 is 0 Å². The summed E-state index contributed by atoms with van der Waals surface area (Å²) in [5.41, 5.74) is 5.84. The van der Waals surface area contributed by atoms with Crippen molar-refractivity contribution in [3.63, 3.8) is 0 Å². The number of thioether (sulfide) groups is 1. The number of rotatable bonds is 4. The van der Waals surface area contributed by atoms with Crippen LogP contribution in [0.15, 0.2) is 0 Å². The molecule has 3 N–H and O–H groups in total. The molecule has 9 heteroatoms. The fourth-order valence-corrected chi connectivity index (χ4v) is 6.52. The first-order valence-corrected chi connectivity index (χ1v) is 10.5. The topological polar surface area (TPSA) is 97.0 Å². The molecule has 1 aromatic rings. The summed E-state index contributed by atoms with van der Waals surface area (Å²) in [7, 11) is 0. The standard InChI is InChI=1S/C17H25ClN6OS/c1-16(2)11(12(19)25)24(17(26-16)8-4-3-5-9-17)15-22-13(18)21-14(23-15)20-10-6-7-10/h10-11H,3-9H2,1-2H3,(H2,19,25)(H,20,21,22,23). The molecule has 3 fully saturated rings. The van der Waals surface area contributed by atoms with Gasteiger partial charge in [0.25, 0.3) is 0 Å². The van der Waals surface area contributed by atoms with Crippen LogP contribution in [0, 0.1) is 0 Å². The monoisotopic (exact) mass is 396 g/mol. The van der Waals surface area contributed by atoms with Gasteiger partial charge in [0.05, 0.1) is 4.87 Å². The lowest BCUT2D eigenvalue weighted by molar-refractivity contribution is -0.119. The summed E-state index contributed by atoms with van der Waals surface area (Å²) in [6.07, 6.45) is 7.65. The second kappa shape index (κ2) is 6.41. The molecule has 0 aromatic carbocycles. The molecule has 142 valence electrons. The van der Waals surface area contributed by atoms with Gasteiger partial charge < -0.3 is 16.0 Å². The Labute approximate surface area is 162 Å². The van der Waals surface area contributed by atoms with Crippen molar-refractivity contribution < 1.29 is 4.79 Å². The normalized spacial score (nSPS) is 26.9. The molecule has 0 bridgehead atoms. The summed E-state index contributed by atoms with van der Waals surface area (Å²) >= 11 is 8.04. The maximum absolute atomic E-state index is 12.4. The Balaban J connectivity index is 1.79. The van der Waals surface area contributed by atoms with E-state index in [0.29, 0.717) is 17.9 Å². The lowest BCUT2D eigenvalue weighted by atomic mass is 9.91. The highest BCUT2D eigenvalue weighted by Gasteiger charge is 2.59. The van der Waals surface area contributed by atoms with Gasteiger partial charge in [-0.25, -0.2) is 0 Å². The number of amides is 1. The predicted molar refractivity (Wildman–Crippen MR) is 104 cm³/mol. The van der Waals surface area contributed by atoms with Crippen molar-refractivity contribution in [2.45, 2.75) is 80.5 Å². The fourth-order valence-electron chi connectivity index (χ4n) is 4.28. The summed E-state index contributed by atoms with van der Waals surface area (Å²) in [5.74, 6) is 0.585. The molecule has 2 aliphatic carbocycles. The summed E-state index contributed by atoms with van der Waals surface area (Å²) in [6, 6.07) is -0.0841. The number of carbonyl (C=O) groups excluding carboxylic acids is 1. The van der Waals surface area contributed by atoms with Crippen LogP contribution >= 0.6 is 23.4 Å². The lowest BCUT2D eigenvalue weighted by Crippen LogP contribution is -2.55. The van der Waals surface area contributed by atoms with Crippen LogP contribution in [0.25, 0.3) is 0 Å². The molecular formula is C17H25ClN6OS. The number of nitrogens with one attached hydrogen (secondary N) is 1. The van der Waals surface area contributed by atoms with Crippen molar-refractivity contribution in [1.29, 1.82) is 0 Å². The van der Waals surface area contributed by atoms with Gasteiger partial charge in [0.1, 0.15) is 6.04 Å². The molecular weight excluding hydrogens is 372 g/mol. The largest absolute Gasteiger partial charge is 0.368 e. The summed E-state index contributed by atoms with van der Waals surface area (Å²) < 4.78 is -0.327. The number of nitrogens with zero attached hydrogens (tertiary/aromatic N) is 4. The van der Waals surface area contributed by atoms with E-state index in [9.17, 15) is 4.79 Å². The maximum Gasteiger partial charge on any atom is 0.241 e. The average molecular weight is 397 g/mol. The molecule has 2 saturated carbocycles. The summed E-state index contributed by atoms with van der Waals surface area (Å²) in [6.45, 7) is 4.16. The van der Waals surface area contributed by atoms with Gasteiger partial charge in [0.15, 0.2) is 0 Å². The molecule has 1 spiro atoms. The van der Waals surface area contributed by atoms with E-state index in [0.717, 1.165) is 38.5 Å². The lowest BCUT2D eigenvalue weighted by Gasteiger charge is -2.42. The highest BCUT2D eigenvalue weighted by Crippen LogP contribution is 2.57. The second-order valence-corrected chi connectivity index (χ2v) is 10.4. The Kier molecular flexibility index (Phi) is 4.46. The van der Waals surface area contributed by atoms with Gasteiger partial charge in [-0.2, -0.15) is 15.0 Å². The molecule has 7 nitrogen and oxygen atoms in total. The van der Waals surface area contributed by atoms with Gasteiger partial charge in [0, 0.05) is 10.8 Å². The van der Waals surface area contributed by atoms with Gasteiger partial charge in [0.2, 0.25) is 23.1 Å². The van der Waals surface area contributed by atoms with Crippen molar-refractivity contribution in [3.8, 4) is 0 Å². The Morgan fingerprint density at radius 2 is 1.92 bits per heavy atom. The SMILES string of the molecule is CC1(C)SC2(CCCCC2)N(c2nc(Cl)nc(NC3CC3)n2)C1C(N)=O. The zero-order chi connectivity index (χ0) is 18.5. The van der Waals surface area contributed by atoms with Crippen LogP contribution in [0.5, 0.6) is 0 Å². The van der Waals surface area contributed by atoms with E-state index < -0.39 is 6.04 Å². The molecule has 1 atom stereocenters. The Bertz CT molecular complexity index is 719. The maximum atomic E-state index is 12.4. The van der Waals surface area contributed by atoms with Crippen LogP contribution in [-0.2, 0) is 4.79 Å². The van der Waals surface area contributed by atoms with Crippen molar-refractivity contribution >= 4 is 41.2 Å². The van der Waals surface area contributed by atoms with Crippen molar-refractivity contribution in [3.05, 3.63) is 5.28 Å². The minimum Gasteiger partial charge on any atom is -0.368 e. The van der Waals surface area contributed by atoms with Gasteiger partial charge in [-0.3, -0.25) is 4.79 Å². The molecule has 1 unspecified atom stereocenters. The number of primary amides is 1. The minimum absolute atomic E-state index is 0.141. The number of carbonyl (C=O) groups is 1. The molecule has 3 aliphatic rings. The summed E-state index contributed by atoms with van der Waals surface area (Å²) in [5, 5.41) is 3.42. The number of halogens is 1. The van der Waals surface area contributed by atoms with Crippen LogP contribution < -0.4 is 16.0 Å². The third-order valence-corrected chi connectivity index (χ3v) is 7.34. The van der Waals surface area contributed by atoms with Crippen LogP contribution in [0.3, 0.4) is 0 Å². The van der Waals surface area contributed by atoms with E-state index in [2.05, 4.69) is 34.1 Å². The molecule has 0 radical (unpaired) electrons. The molecule has 1 aliphatic heterocycles. The second-order valence-electron chi connectivity index (χ2n) is 8.03. The Morgan fingerprint density at radius 3 is 2.54 bits per heavy atom. The first-order chi connectivity index (χ1) is 12.3. The van der Waals surface area contributed by atoms with E-state index in [1.807, 2.05) is 16.7 Å². The number of anilines is 2. The number of hydrogen-bond donors (Lipinski definition) is 2. The van der Waals surface area contributed by atoms with E-state index in [1.165, 1.54) is 6.42 Å². The van der Waals surface area contributed by atoms with Crippen molar-refractivity contribution in [2.24, 2.45) is 5.73 Å².